The summed E-state index contributed by atoms with van der Waals surface area (Å²) in [6.45, 7) is 2.93. The Balaban J connectivity index is 1.32. The Kier molecular flexibility index (Phi) is 7.13. The molecule has 0 bridgehead atoms. The summed E-state index contributed by atoms with van der Waals surface area (Å²) >= 11 is 0. The van der Waals surface area contributed by atoms with Gasteiger partial charge in [0.1, 0.15) is 23.1 Å². The Morgan fingerprint density at radius 3 is 2.57 bits per heavy atom. The molecule has 2 aromatic carbocycles. The number of likely N-dealkylation sites (tertiary alicyclic amines) is 1. The molecule has 1 aliphatic carbocycles. The molecule has 9 nitrogen and oxygen atoms in total. The number of alkyl halides is 1. The van der Waals surface area contributed by atoms with Gasteiger partial charge in [0.15, 0.2) is 5.82 Å². The van der Waals surface area contributed by atoms with E-state index >= 15 is 0 Å². The minimum Gasteiger partial charge on any atom is -0.494 e. The molecule has 1 unspecified atom stereocenters. The number of amides is 1. The number of hydrogen-bond donors (Lipinski definition) is 2. The lowest BCUT2D eigenvalue weighted by molar-refractivity contribution is 0.0606. The van der Waals surface area contributed by atoms with E-state index in [0.29, 0.717) is 29.3 Å². The van der Waals surface area contributed by atoms with Gasteiger partial charge in [0, 0.05) is 42.7 Å². The molecule has 44 heavy (non-hydrogen) atoms. The molecular weight excluding hydrogens is 559 g/mol. The van der Waals surface area contributed by atoms with Gasteiger partial charge in [0.2, 0.25) is 0 Å². The largest absolute Gasteiger partial charge is 0.494 e. The van der Waals surface area contributed by atoms with Gasteiger partial charge in [-0.1, -0.05) is 24.3 Å². The van der Waals surface area contributed by atoms with Crippen LogP contribution in [-0.4, -0.2) is 67.4 Å². The second-order valence-electron chi connectivity index (χ2n) is 12.3. The molecule has 1 saturated heterocycles. The number of methoxy groups -OCH3 is 1. The third kappa shape index (κ3) is 5.11. The van der Waals surface area contributed by atoms with Crippen LogP contribution in [0.2, 0.25) is 0 Å². The molecule has 3 N–H and O–H groups in total. The van der Waals surface area contributed by atoms with Crippen molar-refractivity contribution in [1.29, 1.82) is 0 Å². The summed E-state index contributed by atoms with van der Waals surface area (Å²) in [5.74, 6) is 1.57. The summed E-state index contributed by atoms with van der Waals surface area (Å²) in [6, 6.07) is 17.2. The average molecular weight is 597 g/mol. The normalized spacial score (nSPS) is 19.5. The van der Waals surface area contributed by atoms with E-state index in [1.54, 1.807) is 26.2 Å². The van der Waals surface area contributed by atoms with Crippen LogP contribution in [-0.2, 0) is 13.6 Å². The number of aryl methyl sites for hydroxylation is 1. The number of imidazole rings is 1. The fraction of sp³-hybridized carbons (Fsp3) is 0.382. The highest BCUT2D eigenvalue weighted by Crippen LogP contribution is 2.38. The maximum atomic E-state index is 14.3. The molecule has 7 rings (SSSR count). The Labute approximate surface area is 255 Å². The monoisotopic (exact) mass is 596 g/mol. The van der Waals surface area contributed by atoms with E-state index in [0.717, 1.165) is 51.4 Å². The first-order valence-corrected chi connectivity index (χ1v) is 15.2. The molecule has 2 fully saturated rings. The maximum Gasteiger partial charge on any atom is 0.254 e. The number of ether oxygens (including phenoxy) is 1. The van der Waals surface area contributed by atoms with E-state index in [4.69, 9.17) is 20.4 Å². The second-order valence-corrected chi connectivity index (χ2v) is 12.3. The number of fused-ring (bicyclic) bond motifs is 2. The van der Waals surface area contributed by atoms with Gasteiger partial charge in [0.05, 0.1) is 36.7 Å². The molecule has 3 aromatic heterocycles. The molecule has 0 spiro atoms. The molecule has 1 amide bonds. The highest BCUT2D eigenvalue weighted by Gasteiger charge is 2.30. The van der Waals surface area contributed by atoms with Crippen molar-refractivity contribution in [2.75, 3.05) is 20.2 Å². The average Bonchev–Trinajstić information content (AvgIpc) is 3.68. The molecule has 5 aromatic rings. The Morgan fingerprint density at radius 1 is 1.11 bits per heavy atom. The van der Waals surface area contributed by atoms with Crippen molar-refractivity contribution < 1.29 is 19.0 Å². The highest BCUT2D eigenvalue weighted by molar-refractivity contribution is 6.00. The topological polar surface area (TPSA) is 111 Å². The maximum absolute atomic E-state index is 14.3. The summed E-state index contributed by atoms with van der Waals surface area (Å²) in [5, 5.41) is 10.9. The van der Waals surface area contributed by atoms with Crippen molar-refractivity contribution in [3.63, 3.8) is 0 Å². The van der Waals surface area contributed by atoms with Gasteiger partial charge in [-0.15, -0.1) is 0 Å². The third-order valence-electron chi connectivity index (χ3n) is 8.92. The SMILES string of the molecule is COc1cc(C(=O)N2C[C@H](N)C[C@@H](F)C2)cc2nc(-c3cc4ccc(-c5ccc(C(C)O)cc5)nc4n3CC3CC3)n(C)c12. The summed E-state index contributed by atoms with van der Waals surface area (Å²) < 4.78 is 24.3. The number of nitrogens with zero attached hydrogens (tertiary/aromatic N) is 5. The fourth-order valence-corrected chi connectivity index (χ4v) is 6.39. The highest BCUT2D eigenvalue weighted by atomic mass is 19.1. The van der Waals surface area contributed by atoms with Crippen molar-refractivity contribution in [2.24, 2.45) is 18.7 Å². The predicted molar refractivity (Wildman–Crippen MR) is 168 cm³/mol. The van der Waals surface area contributed by atoms with Gasteiger partial charge in [0.25, 0.3) is 5.91 Å². The van der Waals surface area contributed by atoms with E-state index < -0.39 is 12.3 Å². The van der Waals surface area contributed by atoms with Crippen LogP contribution in [0.1, 0.15) is 48.2 Å². The van der Waals surface area contributed by atoms with Crippen LogP contribution in [0.3, 0.4) is 0 Å². The zero-order chi connectivity index (χ0) is 30.7. The fourth-order valence-electron chi connectivity index (χ4n) is 6.39. The number of rotatable bonds is 7. The summed E-state index contributed by atoms with van der Waals surface area (Å²) in [4.78, 5) is 25.1. The number of hydrogen-bond acceptors (Lipinski definition) is 6. The first-order chi connectivity index (χ1) is 21.2. The van der Waals surface area contributed by atoms with Crippen molar-refractivity contribution in [2.45, 2.75) is 51.0 Å². The minimum atomic E-state index is -1.14. The standard InChI is InChI=1S/C34H37FN6O3/c1-19(42)21-6-8-22(9-7-21)27-11-10-23-13-29(41(32(23)37-27)16-20-4-5-20)33-38-28-12-24(14-30(44-3)31(28)39(33)2)34(43)40-17-25(35)15-26(36)18-40/h6-14,19-20,25-26,42H,4-5,15-18,36H2,1-3H3/t19?,25-,26-/m1/s1. The van der Waals surface area contributed by atoms with Crippen molar-refractivity contribution in [3.05, 3.63) is 65.7 Å². The van der Waals surface area contributed by atoms with Gasteiger partial charge in [-0.3, -0.25) is 4.79 Å². The van der Waals surface area contributed by atoms with E-state index in [-0.39, 0.29) is 24.9 Å². The van der Waals surface area contributed by atoms with Crippen molar-refractivity contribution in [3.8, 4) is 28.5 Å². The number of halogens is 1. The van der Waals surface area contributed by atoms with Crippen LogP contribution in [0.4, 0.5) is 4.39 Å². The van der Waals surface area contributed by atoms with E-state index in [1.165, 1.54) is 17.7 Å². The first-order valence-electron chi connectivity index (χ1n) is 15.2. The number of aliphatic hydroxyl groups is 1. The van der Waals surface area contributed by atoms with Crippen LogP contribution < -0.4 is 10.5 Å². The quantitative estimate of drug-likeness (QED) is 0.266. The summed E-state index contributed by atoms with van der Waals surface area (Å²) in [5.41, 5.74) is 12.3. The summed E-state index contributed by atoms with van der Waals surface area (Å²) in [6.07, 6.45) is 0.962. The molecule has 10 heteroatoms. The zero-order valence-corrected chi connectivity index (χ0v) is 25.2. The number of piperidine rings is 1. The number of carbonyl (C=O) groups is 1. The molecule has 1 aliphatic heterocycles. The Morgan fingerprint density at radius 2 is 1.89 bits per heavy atom. The number of nitrogens with two attached hydrogens (primary N) is 1. The molecular formula is C34H37FN6O3. The third-order valence-corrected chi connectivity index (χ3v) is 8.92. The number of pyridine rings is 1. The molecule has 228 valence electrons. The zero-order valence-electron chi connectivity index (χ0n) is 25.2. The van der Waals surface area contributed by atoms with Crippen LogP contribution in [0, 0.1) is 5.92 Å². The first kappa shape index (κ1) is 28.5. The van der Waals surface area contributed by atoms with Crippen LogP contribution in [0.25, 0.3) is 44.8 Å². The summed E-state index contributed by atoms with van der Waals surface area (Å²) in [7, 11) is 3.53. The van der Waals surface area contributed by atoms with Crippen LogP contribution in [0.15, 0.2) is 54.6 Å². The lowest BCUT2D eigenvalue weighted by Crippen LogP contribution is -2.50. The lowest BCUT2D eigenvalue weighted by Gasteiger charge is -2.33. The number of carbonyl (C=O) groups excluding carboxylic acids is 1. The predicted octanol–water partition coefficient (Wildman–Crippen LogP) is 5.24. The Bertz CT molecular complexity index is 1860. The van der Waals surface area contributed by atoms with Crippen molar-refractivity contribution >= 4 is 28.0 Å². The lowest BCUT2D eigenvalue weighted by atomic mass is 10.0. The van der Waals surface area contributed by atoms with Crippen LogP contribution >= 0.6 is 0 Å². The van der Waals surface area contributed by atoms with Gasteiger partial charge >= 0.3 is 0 Å². The van der Waals surface area contributed by atoms with E-state index in [2.05, 4.69) is 16.7 Å². The van der Waals surface area contributed by atoms with Gasteiger partial charge in [-0.05, 0) is 68.0 Å². The smallest absolute Gasteiger partial charge is 0.254 e. The number of aromatic nitrogens is 4. The molecule has 4 heterocycles. The molecule has 3 atom stereocenters. The van der Waals surface area contributed by atoms with Crippen LogP contribution in [0.5, 0.6) is 5.75 Å². The van der Waals surface area contributed by atoms with Gasteiger partial charge < -0.3 is 29.6 Å². The van der Waals surface area contributed by atoms with Gasteiger partial charge in [-0.25, -0.2) is 14.4 Å². The molecule has 1 saturated carbocycles. The Hall–Kier alpha value is -4.28. The van der Waals surface area contributed by atoms with Crippen molar-refractivity contribution in [1.82, 2.24) is 24.0 Å². The number of aliphatic hydroxyl groups excluding tert-OH is 1. The van der Waals surface area contributed by atoms with E-state index in [1.807, 2.05) is 41.9 Å². The minimum absolute atomic E-state index is 0.0291. The van der Waals surface area contributed by atoms with Gasteiger partial charge in [-0.2, -0.15) is 0 Å². The second kappa shape index (κ2) is 11.0. The number of benzene rings is 2. The molecule has 0 radical (unpaired) electrons. The molecule has 2 aliphatic rings. The van der Waals surface area contributed by atoms with E-state index in [9.17, 15) is 14.3 Å².